The van der Waals surface area contributed by atoms with Crippen LogP contribution in [0.4, 0.5) is 11.4 Å². The zero-order valence-electron chi connectivity index (χ0n) is 21.3. The predicted octanol–water partition coefficient (Wildman–Crippen LogP) is 3.85. The Bertz CT molecular complexity index is 1250. The van der Waals surface area contributed by atoms with Gasteiger partial charge in [-0.05, 0) is 42.4 Å². The summed E-state index contributed by atoms with van der Waals surface area (Å²) < 4.78 is 49.1. The van der Waals surface area contributed by atoms with E-state index in [9.17, 15) is 22.9 Å². The van der Waals surface area contributed by atoms with Gasteiger partial charge in [0.15, 0.2) is 5.84 Å². The number of anilines is 2. The van der Waals surface area contributed by atoms with Crippen LogP contribution < -0.4 is 15.3 Å². The number of aliphatic hydroxyl groups excluding tert-OH is 1. The van der Waals surface area contributed by atoms with Gasteiger partial charge in [-0.15, -0.1) is 0 Å². The minimum Gasteiger partial charge on any atom is -0.509 e. The highest BCUT2D eigenvalue weighted by atomic mass is 32.2. The molecule has 12 heteroatoms. The van der Waals surface area contributed by atoms with Crippen LogP contribution >= 0.6 is 7.52 Å². The van der Waals surface area contributed by atoms with Crippen molar-refractivity contribution in [3.05, 3.63) is 29.5 Å². The maximum Gasteiger partial charge on any atom is 0.348 e. The van der Waals surface area contributed by atoms with Crippen molar-refractivity contribution in [1.82, 2.24) is 4.90 Å². The normalized spacial score (nSPS) is 21.1. The van der Waals surface area contributed by atoms with E-state index in [-0.39, 0.29) is 52.1 Å². The van der Waals surface area contributed by atoms with E-state index in [1.807, 2.05) is 0 Å². The topological polar surface area (TPSA) is 137 Å². The van der Waals surface area contributed by atoms with E-state index in [2.05, 4.69) is 49.4 Å². The number of carbonyl (C=O) groups excluding carboxylic acids is 1. The number of hydrogen-bond acceptors (Lipinski definition) is 7. The molecule has 0 saturated heterocycles. The summed E-state index contributed by atoms with van der Waals surface area (Å²) in [5.41, 5.74) is 0.392. The Morgan fingerprint density at radius 3 is 2.49 bits per heavy atom. The number of amides is 1. The first-order chi connectivity index (χ1) is 15.9. The predicted molar refractivity (Wildman–Crippen MR) is 139 cm³/mol. The molecular weight excluding hydrogens is 491 g/mol. The third kappa shape index (κ3) is 6.45. The lowest BCUT2D eigenvalue weighted by Crippen LogP contribution is -2.39. The quantitative estimate of drug-likeness (QED) is 0.438. The van der Waals surface area contributed by atoms with Crippen LogP contribution in [0.5, 0.6) is 0 Å². The smallest absolute Gasteiger partial charge is 0.348 e. The first kappa shape index (κ1) is 27.2. The minimum absolute atomic E-state index is 0.0308. The number of amidine groups is 1. The fourth-order valence-electron chi connectivity index (χ4n) is 4.86. The van der Waals surface area contributed by atoms with E-state index in [4.69, 9.17) is 4.52 Å². The molecule has 1 aromatic rings. The van der Waals surface area contributed by atoms with Crippen LogP contribution in [0.3, 0.4) is 0 Å². The number of fused-ring (bicyclic) bond motifs is 1. The van der Waals surface area contributed by atoms with E-state index < -0.39 is 23.5 Å². The van der Waals surface area contributed by atoms with Crippen LogP contribution in [-0.2, 0) is 23.9 Å². The molecule has 0 bridgehead atoms. The molecule has 2 aliphatic rings. The van der Waals surface area contributed by atoms with Gasteiger partial charge >= 0.3 is 7.52 Å². The average molecular weight is 527 g/mol. The second-order valence-electron chi connectivity index (χ2n) is 11.0. The molecule has 10 nitrogen and oxygen atoms in total. The standard InChI is InChI=1S/C23H35N4O6PS/c1-8-33-34(30)18-11-15(26-35(7,31)32)9-10-16(18)24-20(25-34)19-17(28)12-27(21(19)29)14-23(5,6)13-22(2,3)4/h9-11,26,28H,8,12-14H2,1-7H3,(H,24,25,30). The SMILES string of the molecule is CCOP1(=O)N=C(C2=C(O)CN(CC(C)(C)CC(C)(C)C)C2=O)Nc2ccc(NS(C)(=O)=O)cc21. The summed E-state index contributed by atoms with van der Waals surface area (Å²) in [5.74, 6) is -0.594. The highest BCUT2D eigenvalue weighted by Gasteiger charge is 2.42. The Hall–Kier alpha value is -2.36. The summed E-state index contributed by atoms with van der Waals surface area (Å²) in [4.78, 5) is 14.9. The molecule has 0 aromatic heterocycles. The van der Waals surface area contributed by atoms with E-state index >= 15 is 0 Å². The van der Waals surface area contributed by atoms with Crippen molar-refractivity contribution in [3.63, 3.8) is 0 Å². The third-order valence-electron chi connectivity index (χ3n) is 5.39. The highest BCUT2D eigenvalue weighted by Crippen LogP contribution is 2.52. The fourth-order valence-corrected chi connectivity index (χ4v) is 7.22. The fraction of sp³-hybridized carbons (Fsp3) is 0.565. The maximum absolute atomic E-state index is 13.8. The molecule has 0 aliphatic carbocycles. The Balaban J connectivity index is 1.94. The summed E-state index contributed by atoms with van der Waals surface area (Å²) >= 11 is 0. The van der Waals surface area contributed by atoms with E-state index in [1.165, 1.54) is 18.2 Å². The lowest BCUT2D eigenvalue weighted by atomic mass is 9.76. The molecule has 0 spiro atoms. The monoisotopic (exact) mass is 526 g/mol. The van der Waals surface area contributed by atoms with Crippen molar-refractivity contribution in [2.24, 2.45) is 15.6 Å². The van der Waals surface area contributed by atoms with Crippen LogP contribution in [0.2, 0.25) is 0 Å². The van der Waals surface area contributed by atoms with Gasteiger partial charge in [0.1, 0.15) is 11.3 Å². The summed E-state index contributed by atoms with van der Waals surface area (Å²) in [6, 6.07) is 4.43. The number of nitrogens with one attached hydrogen (secondary N) is 2. The molecule has 0 fully saturated rings. The van der Waals surface area contributed by atoms with Gasteiger partial charge in [-0.3, -0.25) is 14.1 Å². The molecule has 3 N–H and O–H groups in total. The summed E-state index contributed by atoms with van der Waals surface area (Å²) in [6.45, 7) is 12.8. The van der Waals surface area contributed by atoms with E-state index in [0.29, 0.717) is 12.2 Å². The molecule has 1 unspecified atom stereocenters. The highest BCUT2D eigenvalue weighted by molar-refractivity contribution is 7.92. The molecule has 3 rings (SSSR count). The van der Waals surface area contributed by atoms with Gasteiger partial charge < -0.3 is 19.8 Å². The zero-order valence-corrected chi connectivity index (χ0v) is 23.0. The van der Waals surface area contributed by atoms with Crippen LogP contribution in [-0.4, -0.2) is 56.1 Å². The minimum atomic E-state index is -3.87. The Morgan fingerprint density at radius 2 is 1.91 bits per heavy atom. The van der Waals surface area contributed by atoms with Gasteiger partial charge in [-0.2, -0.15) is 4.76 Å². The molecule has 35 heavy (non-hydrogen) atoms. The van der Waals surface area contributed by atoms with Gasteiger partial charge in [0, 0.05) is 12.2 Å². The van der Waals surface area contributed by atoms with Gasteiger partial charge in [0.2, 0.25) is 10.0 Å². The van der Waals surface area contributed by atoms with Crippen molar-refractivity contribution < 1.29 is 27.4 Å². The van der Waals surface area contributed by atoms with Gasteiger partial charge in [0.25, 0.3) is 5.91 Å². The average Bonchev–Trinajstić information content (AvgIpc) is 2.91. The molecule has 0 saturated carbocycles. The van der Waals surface area contributed by atoms with Crippen molar-refractivity contribution in [2.45, 2.75) is 48.0 Å². The molecule has 1 aromatic carbocycles. The van der Waals surface area contributed by atoms with Crippen LogP contribution in [0.25, 0.3) is 0 Å². The van der Waals surface area contributed by atoms with Gasteiger partial charge in [-0.1, -0.05) is 34.6 Å². The van der Waals surface area contributed by atoms with Gasteiger partial charge in [-0.25, -0.2) is 8.42 Å². The van der Waals surface area contributed by atoms with Crippen molar-refractivity contribution >= 4 is 46.0 Å². The van der Waals surface area contributed by atoms with Crippen molar-refractivity contribution in [2.75, 3.05) is 36.0 Å². The number of hydrogen-bond donors (Lipinski definition) is 3. The van der Waals surface area contributed by atoms with Crippen LogP contribution in [0, 0.1) is 10.8 Å². The number of rotatable bonds is 8. The second kappa shape index (κ2) is 9.26. The number of aliphatic hydroxyl groups is 1. The summed E-state index contributed by atoms with van der Waals surface area (Å²) in [5, 5.41) is 13.9. The van der Waals surface area contributed by atoms with Crippen molar-refractivity contribution in [3.8, 4) is 0 Å². The second-order valence-corrected chi connectivity index (χ2v) is 14.7. The number of nitrogens with zero attached hydrogens (tertiary/aromatic N) is 2. The largest absolute Gasteiger partial charge is 0.509 e. The summed E-state index contributed by atoms with van der Waals surface area (Å²) in [7, 11) is -7.42. The van der Waals surface area contributed by atoms with Gasteiger partial charge in [0.05, 0.1) is 30.4 Å². The number of sulfonamides is 1. The first-order valence-electron chi connectivity index (χ1n) is 11.4. The molecule has 1 atom stereocenters. The van der Waals surface area contributed by atoms with E-state index in [1.54, 1.807) is 11.8 Å². The number of carbonyl (C=O) groups is 1. The Morgan fingerprint density at radius 1 is 1.26 bits per heavy atom. The molecule has 0 radical (unpaired) electrons. The Kier molecular flexibility index (Phi) is 7.20. The molecular formula is C23H35N4O6PS. The maximum atomic E-state index is 13.8. The molecule has 2 aliphatic heterocycles. The van der Waals surface area contributed by atoms with Crippen LogP contribution in [0.15, 0.2) is 34.3 Å². The molecule has 194 valence electrons. The van der Waals surface area contributed by atoms with Crippen LogP contribution in [0.1, 0.15) is 48.0 Å². The Labute approximate surface area is 207 Å². The zero-order chi connectivity index (χ0) is 26.4. The third-order valence-corrected chi connectivity index (χ3v) is 8.05. The molecule has 1 amide bonds. The van der Waals surface area contributed by atoms with E-state index in [0.717, 1.165) is 12.7 Å². The first-order valence-corrected chi connectivity index (χ1v) is 14.9. The lowest BCUT2D eigenvalue weighted by molar-refractivity contribution is -0.126. The lowest BCUT2D eigenvalue weighted by Gasteiger charge is -2.35. The number of benzene rings is 1. The van der Waals surface area contributed by atoms with Crippen molar-refractivity contribution in [1.29, 1.82) is 0 Å². The summed E-state index contributed by atoms with van der Waals surface area (Å²) in [6.07, 6.45) is 1.88. The molecule has 2 heterocycles.